The van der Waals surface area contributed by atoms with E-state index in [1.165, 1.54) is 0 Å². The maximum absolute atomic E-state index is 13.3. The summed E-state index contributed by atoms with van der Waals surface area (Å²) in [7, 11) is -3.71. The van der Waals surface area contributed by atoms with Gasteiger partial charge in [-0.25, -0.2) is 18.1 Å². The molecule has 3 aromatic carbocycles. The minimum Gasteiger partial charge on any atom is -0.338 e. The van der Waals surface area contributed by atoms with Crippen LogP contribution in [0.2, 0.25) is 0 Å². The number of nitrogens with zero attached hydrogens (tertiary/aromatic N) is 1. The van der Waals surface area contributed by atoms with Crippen LogP contribution in [0.25, 0.3) is 0 Å². The molecule has 0 saturated carbocycles. The third-order valence-electron chi connectivity index (χ3n) is 7.64. The van der Waals surface area contributed by atoms with Crippen LogP contribution in [0.4, 0.5) is 17.2 Å². The summed E-state index contributed by atoms with van der Waals surface area (Å²) in [6, 6.07) is 26.2. The maximum atomic E-state index is 13.3. The van der Waals surface area contributed by atoms with Crippen LogP contribution in [0.3, 0.4) is 0 Å². The number of anilines is 3. The topological polar surface area (TPSA) is 100 Å². The van der Waals surface area contributed by atoms with Crippen molar-refractivity contribution in [2.75, 3.05) is 10.6 Å². The van der Waals surface area contributed by atoms with Gasteiger partial charge in [-0.1, -0.05) is 69.3 Å². The van der Waals surface area contributed by atoms with Gasteiger partial charge in [0.2, 0.25) is 15.9 Å². The number of nitrogens with one attached hydrogen (secondary N) is 3. The quantitative estimate of drug-likeness (QED) is 0.199. The third-order valence-corrected chi connectivity index (χ3v) is 9.13. The van der Waals surface area contributed by atoms with Gasteiger partial charge >= 0.3 is 0 Å². The number of carbonyl (C=O) groups is 1. The molecule has 3 N–H and O–H groups in total. The molecule has 1 unspecified atom stereocenters. The Morgan fingerprint density at radius 3 is 2.44 bits per heavy atom. The van der Waals surface area contributed by atoms with E-state index in [0.29, 0.717) is 30.8 Å². The van der Waals surface area contributed by atoms with Crippen LogP contribution in [-0.4, -0.2) is 19.3 Å². The SMILES string of the molecule is CCc1ccc(S(=O)(=O)NC2CC(C)(C)c3ccc(Nc4ncccc4NC(=O)CCc4ccccc4)cc32)cc1. The normalized spacial score (nSPS) is 15.7. The summed E-state index contributed by atoms with van der Waals surface area (Å²) in [5.41, 5.74) is 5.38. The van der Waals surface area contributed by atoms with Crippen molar-refractivity contribution in [3.8, 4) is 0 Å². The van der Waals surface area contributed by atoms with Crippen molar-refractivity contribution in [1.29, 1.82) is 0 Å². The van der Waals surface area contributed by atoms with Gasteiger partial charge in [0.1, 0.15) is 0 Å². The third kappa shape index (κ3) is 6.66. The molecule has 5 rings (SSSR count). The Hall–Kier alpha value is -4.01. The highest BCUT2D eigenvalue weighted by atomic mass is 32.2. The molecular weight excluding hydrogens is 532 g/mol. The predicted octanol–water partition coefficient (Wildman–Crippen LogP) is 6.66. The molecular formula is C33H36N4O3S. The highest BCUT2D eigenvalue weighted by molar-refractivity contribution is 7.89. The summed E-state index contributed by atoms with van der Waals surface area (Å²) >= 11 is 0. The molecule has 4 aromatic rings. The van der Waals surface area contributed by atoms with E-state index in [1.54, 1.807) is 24.4 Å². The number of rotatable bonds is 10. The van der Waals surface area contributed by atoms with Gasteiger partial charge in [0, 0.05) is 24.3 Å². The van der Waals surface area contributed by atoms with Gasteiger partial charge in [-0.3, -0.25) is 4.79 Å². The molecule has 0 saturated heterocycles. The van der Waals surface area contributed by atoms with E-state index in [2.05, 4.69) is 34.2 Å². The summed E-state index contributed by atoms with van der Waals surface area (Å²) < 4.78 is 29.5. The zero-order chi connectivity index (χ0) is 29.0. The number of aryl methyl sites for hydroxylation is 2. The summed E-state index contributed by atoms with van der Waals surface area (Å²) in [5.74, 6) is 0.424. The summed E-state index contributed by atoms with van der Waals surface area (Å²) in [6.07, 6.45) is 4.16. The summed E-state index contributed by atoms with van der Waals surface area (Å²) in [5, 5.41) is 6.31. The van der Waals surface area contributed by atoms with E-state index in [-0.39, 0.29) is 22.3 Å². The van der Waals surface area contributed by atoms with Gasteiger partial charge in [0.05, 0.1) is 10.6 Å². The molecule has 1 aliphatic carbocycles. The Morgan fingerprint density at radius 1 is 0.951 bits per heavy atom. The Kier molecular flexibility index (Phi) is 8.24. The van der Waals surface area contributed by atoms with Gasteiger partial charge in [-0.2, -0.15) is 0 Å². The second kappa shape index (κ2) is 11.8. The van der Waals surface area contributed by atoms with Crippen molar-refractivity contribution in [3.05, 3.63) is 113 Å². The average molecular weight is 569 g/mol. The Labute approximate surface area is 242 Å². The number of carbonyl (C=O) groups excluding carboxylic acids is 1. The molecule has 0 aliphatic heterocycles. The molecule has 7 nitrogen and oxygen atoms in total. The van der Waals surface area contributed by atoms with E-state index in [4.69, 9.17) is 0 Å². The number of benzene rings is 3. The number of hydrogen-bond acceptors (Lipinski definition) is 5. The molecule has 0 bridgehead atoms. The largest absolute Gasteiger partial charge is 0.338 e. The van der Waals surface area contributed by atoms with Crippen LogP contribution in [-0.2, 0) is 33.1 Å². The highest BCUT2D eigenvalue weighted by Gasteiger charge is 2.39. The van der Waals surface area contributed by atoms with Crippen LogP contribution in [0.1, 0.15) is 61.9 Å². The Balaban J connectivity index is 1.33. The molecule has 1 atom stereocenters. The van der Waals surface area contributed by atoms with Crippen molar-refractivity contribution in [2.45, 2.75) is 62.8 Å². The lowest BCUT2D eigenvalue weighted by atomic mass is 9.86. The predicted molar refractivity (Wildman–Crippen MR) is 164 cm³/mol. The molecule has 0 fully saturated rings. The summed E-state index contributed by atoms with van der Waals surface area (Å²) in [6.45, 7) is 6.30. The zero-order valence-corrected chi connectivity index (χ0v) is 24.5. The second-order valence-electron chi connectivity index (χ2n) is 11.1. The molecule has 0 spiro atoms. The zero-order valence-electron chi connectivity index (χ0n) is 23.6. The first-order chi connectivity index (χ1) is 19.6. The molecule has 1 heterocycles. The van der Waals surface area contributed by atoms with Crippen molar-refractivity contribution in [3.63, 3.8) is 0 Å². The second-order valence-corrected chi connectivity index (χ2v) is 12.8. The molecule has 1 aliphatic rings. The lowest BCUT2D eigenvalue weighted by Gasteiger charge is -2.19. The number of sulfonamides is 1. The smallest absolute Gasteiger partial charge is 0.241 e. The van der Waals surface area contributed by atoms with E-state index in [1.807, 2.05) is 73.7 Å². The van der Waals surface area contributed by atoms with Crippen LogP contribution in [0.5, 0.6) is 0 Å². The minimum atomic E-state index is -3.71. The van der Waals surface area contributed by atoms with E-state index < -0.39 is 10.0 Å². The van der Waals surface area contributed by atoms with Gasteiger partial charge in [-0.05, 0) is 83.3 Å². The first-order valence-corrected chi connectivity index (χ1v) is 15.4. The van der Waals surface area contributed by atoms with Crippen LogP contribution in [0, 0.1) is 0 Å². The van der Waals surface area contributed by atoms with Crippen molar-refractivity contribution < 1.29 is 13.2 Å². The number of amides is 1. The lowest BCUT2D eigenvalue weighted by molar-refractivity contribution is -0.116. The number of hydrogen-bond donors (Lipinski definition) is 3. The molecule has 41 heavy (non-hydrogen) atoms. The molecule has 1 aromatic heterocycles. The Bertz CT molecular complexity index is 1640. The first kappa shape index (κ1) is 28.5. The molecule has 8 heteroatoms. The van der Waals surface area contributed by atoms with Crippen LogP contribution >= 0.6 is 0 Å². The fourth-order valence-corrected chi connectivity index (χ4v) is 6.61. The summed E-state index contributed by atoms with van der Waals surface area (Å²) in [4.78, 5) is 17.4. The fraction of sp³-hybridized carbons (Fsp3) is 0.273. The van der Waals surface area contributed by atoms with Crippen molar-refractivity contribution in [1.82, 2.24) is 9.71 Å². The van der Waals surface area contributed by atoms with E-state index >= 15 is 0 Å². The number of fused-ring (bicyclic) bond motifs is 1. The van der Waals surface area contributed by atoms with Crippen molar-refractivity contribution in [2.24, 2.45) is 0 Å². The van der Waals surface area contributed by atoms with Gasteiger partial charge in [-0.15, -0.1) is 0 Å². The number of aromatic nitrogens is 1. The average Bonchev–Trinajstić information content (AvgIpc) is 3.21. The maximum Gasteiger partial charge on any atom is 0.241 e. The monoisotopic (exact) mass is 568 g/mol. The lowest BCUT2D eigenvalue weighted by Crippen LogP contribution is -2.28. The fourth-order valence-electron chi connectivity index (χ4n) is 5.40. The van der Waals surface area contributed by atoms with Crippen LogP contribution < -0.4 is 15.4 Å². The van der Waals surface area contributed by atoms with E-state index in [9.17, 15) is 13.2 Å². The van der Waals surface area contributed by atoms with Crippen molar-refractivity contribution >= 4 is 33.1 Å². The highest BCUT2D eigenvalue weighted by Crippen LogP contribution is 2.46. The minimum absolute atomic E-state index is 0.0953. The van der Waals surface area contributed by atoms with Crippen LogP contribution in [0.15, 0.2) is 96.0 Å². The molecule has 212 valence electrons. The molecule has 1 amide bonds. The van der Waals surface area contributed by atoms with Gasteiger partial charge in [0.15, 0.2) is 5.82 Å². The van der Waals surface area contributed by atoms with E-state index in [0.717, 1.165) is 34.4 Å². The Morgan fingerprint density at radius 2 is 1.71 bits per heavy atom. The number of pyridine rings is 1. The van der Waals surface area contributed by atoms with Gasteiger partial charge in [0.25, 0.3) is 0 Å². The standard InChI is InChI=1S/C33H36N4O3S/c1-4-23-12-16-26(17-13-23)41(39,40)37-30-22-33(2,3)28-18-15-25(21-27(28)30)35-32-29(11-8-20-34-32)36-31(38)19-14-24-9-6-5-7-10-24/h5-13,15-18,20-21,30,37H,4,14,19,22H2,1-3H3,(H,34,35)(H,36,38). The molecule has 0 radical (unpaired) electrons. The first-order valence-electron chi connectivity index (χ1n) is 14.0. The van der Waals surface area contributed by atoms with Gasteiger partial charge < -0.3 is 10.6 Å².